The molecule has 1 atom stereocenters. The lowest BCUT2D eigenvalue weighted by Gasteiger charge is -2.16. The highest BCUT2D eigenvalue weighted by molar-refractivity contribution is 5.89. The van der Waals surface area contributed by atoms with E-state index >= 15 is 0 Å². The lowest BCUT2D eigenvalue weighted by atomic mass is 9.98. The van der Waals surface area contributed by atoms with Crippen molar-refractivity contribution in [2.75, 3.05) is 7.11 Å². The molecule has 2 aromatic carbocycles. The molecule has 190 valence electrons. The number of rotatable bonds is 8. The van der Waals surface area contributed by atoms with Gasteiger partial charge in [-0.05, 0) is 60.9 Å². The number of pyridine rings is 2. The molecule has 0 aliphatic rings. The summed E-state index contributed by atoms with van der Waals surface area (Å²) in [7, 11) is 1.62. The monoisotopic (exact) mass is 500 g/mol. The van der Waals surface area contributed by atoms with Crippen molar-refractivity contribution >= 4 is 22.7 Å². The molecule has 0 fully saturated rings. The van der Waals surface area contributed by atoms with Crippen LogP contribution in [0.5, 0.6) is 11.5 Å². The van der Waals surface area contributed by atoms with Crippen LogP contribution in [0.25, 0.3) is 10.8 Å². The topological polar surface area (TPSA) is 108 Å². The third kappa shape index (κ3) is 5.86. The van der Waals surface area contributed by atoms with Crippen molar-refractivity contribution < 1.29 is 28.9 Å². The van der Waals surface area contributed by atoms with Gasteiger partial charge in [0.1, 0.15) is 24.7 Å². The summed E-state index contributed by atoms with van der Waals surface area (Å²) < 4.78 is 16.3. The molecule has 1 unspecified atom stereocenters. The van der Waals surface area contributed by atoms with Crippen LogP contribution in [0.1, 0.15) is 51.1 Å². The Bertz CT molecular complexity index is 1470. The van der Waals surface area contributed by atoms with Gasteiger partial charge < -0.3 is 19.3 Å². The second kappa shape index (κ2) is 11.1. The number of aromatic nitrogens is 2. The maximum atomic E-state index is 12.9. The van der Waals surface area contributed by atoms with E-state index in [2.05, 4.69) is 9.97 Å². The number of ether oxygens (including phenoxy) is 3. The minimum atomic E-state index is -0.574. The third-order valence-electron chi connectivity index (χ3n) is 6.18. The lowest BCUT2D eigenvalue weighted by molar-refractivity contribution is -0.146. The predicted octanol–water partition coefficient (Wildman–Crippen LogP) is 5.16. The SMILES string of the molecule is COc1ccc2cc(C(C)C(=O)OCc3cnc(C)c(O)c3COC(=O)c3cncc(C)c3)ccc2c1. The highest BCUT2D eigenvalue weighted by Gasteiger charge is 2.20. The Morgan fingerprint density at radius 1 is 0.946 bits per heavy atom. The summed E-state index contributed by atoms with van der Waals surface area (Å²) in [6.45, 7) is 4.89. The van der Waals surface area contributed by atoms with E-state index in [9.17, 15) is 14.7 Å². The second-order valence-corrected chi connectivity index (χ2v) is 8.83. The maximum absolute atomic E-state index is 12.9. The fourth-order valence-corrected chi connectivity index (χ4v) is 3.91. The summed E-state index contributed by atoms with van der Waals surface area (Å²) >= 11 is 0. The first-order valence-corrected chi connectivity index (χ1v) is 11.8. The Kier molecular flexibility index (Phi) is 7.67. The van der Waals surface area contributed by atoms with E-state index in [0.29, 0.717) is 22.4 Å². The van der Waals surface area contributed by atoms with Crippen LogP contribution in [0, 0.1) is 13.8 Å². The zero-order valence-electron chi connectivity index (χ0n) is 21.1. The molecule has 1 N–H and O–H groups in total. The first-order valence-electron chi connectivity index (χ1n) is 11.8. The quantitative estimate of drug-likeness (QED) is 0.330. The number of hydrogen-bond donors (Lipinski definition) is 1. The molecule has 4 aromatic rings. The number of esters is 2. The molecule has 0 radical (unpaired) electrons. The minimum absolute atomic E-state index is 0.110. The van der Waals surface area contributed by atoms with Gasteiger partial charge in [-0.3, -0.25) is 14.8 Å². The van der Waals surface area contributed by atoms with Crippen LogP contribution in [0.15, 0.2) is 61.1 Å². The number of carbonyl (C=O) groups is 2. The van der Waals surface area contributed by atoms with Gasteiger partial charge in [0.05, 0.1) is 24.3 Å². The molecule has 0 spiro atoms. The Morgan fingerprint density at radius 2 is 1.70 bits per heavy atom. The number of benzene rings is 2. The van der Waals surface area contributed by atoms with Crippen molar-refractivity contribution in [3.63, 3.8) is 0 Å². The fraction of sp³-hybridized carbons (Fsp3) is 0.241. The summed E-state index contributed by atoms with van der Waals surface area (Å²) in [6.07, 6.45) is 4.56. The first-order chi connectivity index (χ1) is 17.8. The summed E-state index contributed by atoms with van der Waals surface area (Å²) in [4.78, 5) is 33.5. The van der Waals surface area contributed by atoms with E-state index in [1.54, 1.807) is 33.2 Å². The van der Waals surface area contributed by atoms with Crippen molar-refractivity contribution in [3.8, 4) is 11.5 Å². The summed E-state index contributed by atoms with van der Waals surface area (Å²) in [5.74, 6) is -0.868. The van der Waals surface area contributed by atoms with E-state index in [-0.39, 0.29) is 19.0 Å². The summed E-state index contributed by atoms with van der Waals surface area (Å²) in [5.41, 5.74) is 3.10. The third-order valence-corrected chi connectivity index (χ3v) is 6.18. The van der Waals surface area contributed by atoms with Gasteiger partial charge in [-0.2, -0.15) is 0 Å². The van der Waals surface area contributed by atoms with Gasteiger partial charge in [0.15, 0.2) is 0 Å². The van der Waals surface area contributed by atoms with Crippen LogP contribution in [0.3, 0.4) is 0 Å². The van der Waals surface area contributed by atoms with Gasteiger partial charge in [-0.1, -0.05) is 24.3 Å². The molecule has 4 rings (SSSR count). The number of aryl methyl sites for hydroxylation is 2. The largest absolute Gasteiger partial charge is 0.506 e. The molecule has 0 amide bonds. The highest BCUT2D eigenvalue weighted by Crippen LogP contribution is 2.28. The van der Waals surface area contributed by atoms with Crippen molar-refractivity contribution in [2.24, 2.45) is 0 Å². The maximum Gasteiger partial charge on any atom is 0.340 e. The van der Waals surface area contributed by atoms with Gasteiger partial charge in [0, 0.05) is 29.7 Å². The van der Waals surface area contributed by atoms with Crippen LogP contribution in [0.4, 0.5) is 0 Å². The van der Waals surface area contributed by atoms with Crippen molar-refractivity contribution in [1.29, 1.82) is 0 Å². The lowest BCUT2D eigenvalue weighted by Crippen LogP contribution is -2.15. The number of aromatic hydroxyl groups is 1. The molecule has 37 heavy (non-hydrogen) atoms. The number of nitrogens with zero attached hydrogens (tertiary/aromatic N) is 2. The van der Waals surface area contributed by atoms with Crippen molar-refractivity contribution in [2.45, 2.75) is 39.9 Å². The van der Waals surface area contributed by atoms with Crippen LogP contribution >= 0.6 is 0 Å². The molecular weight excluding hydrogens is 472 g/mol. The molecule has 0 aliphatic carbocycles. The van der Waals surface area contributed by atoms with Crippen LogP contribution < -0.4 is 4.74 Å². The van der Waals surface area contributed by atoms with Gasteiger partial charge in [-0.15, -0.1) is 0 Å². The Hall–Kier alpha value is -4.46. The number of hydrogen-bond acceptors (Lipinski definition) is 8. The highest BCUT2D eigenvalue weighted by atomic mass is 16.5. The molecule has 2 aromatic heterocycles. The molecule has 8 nitrogen and oxygen atoms in total. The average molecular weight is 501 g/mol. The van der Waals surface area contributed by atoms with E-state index in [0.717, 1.165) is 27.6 Å². The van der Waals surface area contributed by atoms with E-state index in [4.69, 9.17) is 14.2 Å². The summed E-state index contributed by atoms with van der Waals surface area (Å²) in [6, 6.07) is 13.2. The second-order valence-electron chi connectivity index (χ2n) is 8.83. The molecule has 0 aliphatic heterocycles. The molecule has 2 heterocycles. The van der Waals surface area contributed by atoms with Crippen LogP contribution in [0.2, 0.25) is 0 Å². The number of methoxy groups -OCH3 is 1. The molecule has 0 saturated carbocycles. The van der Waals surface area contributed by atoms with Crippen molar-refractivity contribution in [1.82, 2.24) is 9.97 Å². The fourth-order valence-electron chi connectivity index (χ4n) is 3.91. The molecule has 0 saturated heterocycles. The van der Waals surface area contributed by atoms with E-state index < -0.39 is 17.9 Å². The molecule has 8 heteroatoms. The number of carbonyl (C=O) groups excluding carboxylic acids is 2. The minimum Gasteiger partial charge on any atom is -0.506 e. The standard InChI is InChI=1S/C29H28N2O6/c1-17-9-23(13-30-12-17)29(34)37-16-26-24(14-31-19(3)27(26)32)15-36-28(33)18(2)20-5-6-22-11-25(35-4)8-7-21(22)10-20/h5-14,18,32H,15-16H2,1-4H3. The van der Waals surface area contributed by atoms with E-state index in [1.807, 2.05) is 43.3 Å². The van der Waals surface area contributed by atoms with Crippen LogP contribution in [-0.4, -0.2) is 34.1 Å². The van der Waals surface area contributed by atoms with E-state index in [1.165, 1.54) is 12.4 Å². The average Bonchev–Trinajstić information content (AvgIpc) is 2.91. The zero-order chi connectivity index (χ0) is 26.5. The van der Waals surface area contributed by atoms with Crippen molar-refractivity contribution in [3.05, 3.63) is 94.6 Å². The van der Waals surface area contributed by atoms with Gasteiger partial charge in [0.2, 0.25) is 0 Å². The Balaban J connectivity index is 1.45. The normalized spacial score (nSPS) is 11.7. The predicted molar refractivity (Wildman–Crippen MR) is 137 cm³/mol. The number of fused-ring (bicyclic) bond motifs is 1. The van der Waals surface area contributed by atoms with Crippen LogP contribution in [-0.2, 0) is 27.5 Å². The summed E-state index contributed by atoms with van der Waals surface area (Å²) in [5, 5.41) is 12.6. The van der Waals surface area contributed by atoms with Gasteiger partial charge in [0.25, 0.3) is 0 Å². The Morgan fingerprint density at radius 3 is 2.46 bits per heavy atom. The zero-order valence-corrected chi connectivity index (χ0v) is 21.1. The smallest absolute Gasteiger partial charge is 0.340 e. The first kappa shape index (κ1) is 25.6. The van der Waals surface area contributed by atoms with Gasteiger partial charge in [-0.25, -0.2) is 4.79 Å². The Labute approximate surface area is 214 Å². The molecular formula is C29H28N2O6. The van der Waals surface area contributed by atoms with Gasteiger partial charge >= 0.3 is 11.9 Å². The molecule has 0 bridgehead atoms.